The minimum atomic E-state index is -0.544. The summed E-state index contributed by atoms with van der Waals surface area (Å²) >= 11 is 5.67. The molecule has 0 saturated carbocycles. The molecule has 0 radical (unpaired) electrons. The molecule has 24 heavy (non-hydrogen) atoms. The van der Waals surface area contributed by atoms with Crippen molar-refractivity contribution in [3.63, 3.8) is 0 Å². The number of H-pyrrole nitrogens is 1. The van der Waals surface area contributed by atoms with E-state index in [4.69, 9.17) is 11.6 Å². The van der Waals surface area contributed by atoms with Crippen LogP contribution in [0.1, 0.15) is 12.0 Å². The van der Waals surface area contributed by atoms with Crippen LogP contribution in [0.15, 0.2) is 53.3 Å². The predicted molar refractivity (Wildman–Crippen MR) is 92.9 cm³/mol. The number of fused-ring (bicyclic) bond motifs is 1. The molecule has 2 aromatic carbocycles. The summed E-state index contributed by atoms with van der Waals surface area (Å²) in [6, 6.07) is 13.2. The number of carbonyl (C=O) groups excluding carboxylic acids is 1. The van der Waals surface area contributed by atoms with Crippen molar-refractivity contribution in [2.45, 2.75) is 12.8 Å². The summed E-state index contributed by atoms with van der Waals surface area (Å²) < 4.78 is 13.1. The Labute approximate surface area is 142 Å². The minimum absolute atomic E-state index is 0.0567. The number of aromatic amines is 1. The van der Waals surface area contributed by atoms with E-state index in [1.165, 1.54) is 18.2 Å². The highest BCUT2D eigenvalue weighted by atomic mass is 35.5. The molecule has 4 nitrogen and oxygen atoms in total. The molecular weight excluding hydrogens is 331 g/mol. The zero-order valence-corrected chi connectivity index (χ0v) is 13.4. The molecular formula is C18H14ClFN2O2. The third kappa shape index (κ3) is 3.63. The smallest absolute Gasteiger partial charge is 0.251 e. The lowest BCUT2D eigenvalue weighted by Gasteiger charge is -2.06. The van der Waals surface area contributed by atoms with Crippen molar-refractivity contribution in [1.82, 2.24) is 4.98 Å². The summed E-state index contributed by atoms with van der Waals surface area (Å²) in [7, 11) is 0. The van der Waals surface area contributed by atoms with E-state index < -0.39 is 5.82 Å². The number of para-hydroxylation sites is 1. The molecule has 2 N–H and O–H groups in total. The van der Waals surface area contributed by atoms with Gasteiger partial charge in [-0.05, 0) is 42.1 Å². The second-order valence-electron chi connectivity index (χ2n) is 5.39. The normalized spacial score (nSPS) is 10.8. The van der Waals surface area contributed by atoms with Crippen LogP contribution in [0.3, 0.4) is 0 Å². The van der Waals surface area contributed by atoms with Gasteiger partial charge >= 0.3 is 0 Å². The molecule has 1 heterocycles. The van der Waals surface area contributed by atoms with Crippen molar-refractivity contribution in [1.29, 1.82) is 0 Å². The van der Waals surface area contributed by atoms with E-state index in [9.17, 15) is 14.0 Å². The molecule has 122 valence electrons. The van der Waals surface area contributed by atoms with Crippen LogP contribution in [-0.2, 0) is 11.2 Å². The Morgan fingerprint density at radius 3 is 2.75 bits per heavy atom. The van der Waals surface area contributed by atoms with Crippen molar-refractivity contribution in [3.8, 4) is 0 Å². The summed E-state index contributed by atoms with van der Waals surface area (Å²) in [6.45, 7) is 0. The third-order valence-electron chi connectivity index (χ3n) is 3.66. The zero-order chi connectivity index (χ0) is 17.1. The Bertz CT molecular complexity index is 969. The molecule has 0 atom stereocenters. The van der Waals surface area contributed by atoms with Crippen LogP contribution in [0.4, 0.5) is 10.1 Å². The molecule has 0 saturated heterocycles. The van der Waals surface area contributed by atoms with E-state index in [2.05, 4.69) is 10.3 Å². The van der Waals surface area contributed by atoms with Crippen molar-refractivity contribution in [3.05, 3.63) is 75.3 Å². The lowest BCUT2D eigenvalue weighted by molar-refractivity contribution is -0.116. The van der Waals surface area contributed by atoms with E-state index in [0.717, 1.165) is 10.9 Å². The van der Waals surface area contributed by atoms with Crippen LogP contribution in [0.5, 0.6) is 0 Å². The number of anilines is 1. The first-order valence-electron chi connectivity index (χ1n) is 7.39. The van der Waals surface area contributed by atoms with Crippen LogP contribution in [0.25, 0.3) is 10.9 Å². The fraction of sp³-hybridized carbons (Fsp3) is 0.111. The number of nitrogens with one attached hydrogen (secondary N) is 2. The van der Waals surface area contributed by atoms with E-state index in [0.29, 0.717) is 17.7 Å². The van der Waals surface area contributed by atoms with Crippen LogP contribution in [0.2, 0.25) is 5.02 Å². The van der Waals surface area contributed by atoms with Gasteiger partial charge in [0.15, 0.2) is 0 Å². The zero-order valence-electron chi connectivity index (χ0n) is 12.6. The third-order valence-corrected chi connectivity index (χ3v) is 3.94. The van der Waals surface area contributed by atoms with E-state index in [1.54, 1.807) is 6.07 Å². The maximum atomic E-state index is 13.1. The highest BCUT2D eigenvalue weighted by Crippen LogP contribution is 2.19. The summed E-state index contributed by atoms with van der Waals surface area (Å²) in [5.74, 6) is -0.817. The number of carbonyl (C=O) groups is 1. The Hall–Kier alpha value is -2.66. The fourth-order valence-electron chi connectivity index (χ4n) is 2.42. The minimum Gasteiger partial charge on any atom is -0.326 e. The van der Waals surface area contributed by atoms with Gasteiger partial charge in [0.05, 0.1) is 5.02 Å². The van der Waals surface area contributed by atoms with Crippen LogP contribution in [0, 0.1) is 5.82 Å². The molecule has 0 aliphatic rings. The van der Waals surface area contributed by atoms with Gasteiger partial charge in [0.1, 0.15) is 5.82 Å². The molecule has 3 aromatic rings. The Morgan fingerprint density at radius 1 is 1.17 bits per heavy atom. The van der Waals surface area contributed by atoms with Crippen LogP contribution in [-0.4, -0.2) is 10.9 Å². The van der Waals surface area contributed by atoms with E-state index in [-0.39, 0.29) is 22.9 Å². The van der Waals surface area contributed by atoms with Crippen molar-refractivity contribution < 1.29 is 9.18 Å². The molecule has 3 rings (SSSR count). The molecule has 0 fully saturated rings. The number of hydrogen-bond acceptors (Lipinski definition) is 2. The lowest BCUT2D eigenvalue weighted by atomic mass is 10.1. The van der Waals surface area contributed by atoms with Gasteiger partial charge in [0.2, 0.25) is 5.91 Å². The summed E-state index contributed by atoms with van der Waals surface area (Å²) in [5.41, 5.74) is 1.52. The molecule has 0 unspecified atom stereocenters. The first-order chi connectivity index (χ1) is 11.5. The maximum absolute atomic E-state index is 13.1. The first-order valence-corrected chi connectivity index (χ1v) is 7.76. The molecule has 6 heteroatoms. The number of rotatable bonds is 4. The fourth-order valence-corrected chi connectivity index (χ4v) is 2.60. The predicted octanol–water partition coefficient (Wildman–Crippen LogP) is 3.89. The van der Waals surface area contributed by atoms with Gasteiger partial charge in [-0.2, -0.15) is 0 Å². The molecule has 0 aliphatic heterocycles. The average Bonchev–Trinajstić information content (AvgIpc) is 2.56. The number of pyridine rings is 1. The largest absolute Gasteiger partial charge is 0.326 e. The van der Waals surface area contributed by atoms with Gasteiger partial charge in [0.25, 0.3) is 5.56 Å². The van der Waals surface area contributed by atoms with Gasteiger partial charge < -0.3 is 10.3 Å². The number of aromatic nitrogens is 1. The monoisotopic (exact) mass is 344 g/mol. The Morgan fingerprint density at radius 2 is 1.96 bits per heavy atom. The second kappa shape index (κ2) is 6.84. The van der Waals surface area contributed by atoms with Gasteiger partial charge in [0, 0.05) is 23.2 Å². The van der Waals surface area contributed by atoms with Crippen molar-refractivity contribution in [2.75, 3.05) is 5.32 Å². The van der Waals surface area contributed by atoms with Gasteiger partial charge in [-0.25, -0.2) is 4.39 Å². The number of hydrogen-bond donors (Lipinski definition) is 2. The highest BCUT2D eigenvalue weighted by molar-refractivity contribution is 6.31. The molecule has 1 aromatic heterocycles. The maximum Gasteiger partial charge on any atom is 0.251 e. The molecule has 0 spiro atoms. The highest BCUT2D eigenvalue weighted by Gasteiger charge is 2.08. The van der Waals surface area contributed by atoms with Gasteiger partial charge in [-0.15, -0.1) is 0 Å². The second-order valence-corrected chi connectivity index (χ2v) is 5.80. The summed E-state index contributed by atoms with van der Waals surface area (Å²) in [5, 5.41) is 3.49. The van der Waals surface area contributed by atoms with E-state index in [1.807, 2.05) is 24.3 Å². The topological polar surface area (TPSA) is 62.0 Å². The average molecular weight is 345 g/mol. The van der Waals surface area contributed by atoms with Crippen molar-refractivity contribution in [2.24, 2.45) is 0 Å². The number of benzene rings is 2. The SMILES string of the molecule is O=C(CCc1cc2ccccc2[nH]c1=O)Nc1ccc(F)c(Cl)c1. The number of aryl methyl sites for hydroxylation is 1. The number of amides is 1. The Balaban J connectivity index is 1.68. The molecule has 1 amide bonds. The summed E-state index contributed by atoms with van der Waals surface area (Å²) in [4.78, 5) is 26.8. The van der Waals surface area contributed by atoms with Crippen molar-refractivity contribution >= 4 is 34.1 Å². The summed E-state index contributed by atoms with van der Waals surface area (Å²) in [6.07, 6.45) is 0.442. The van der Waals surface area contributed by atoms with Crippen LogP contribution < -0.4 is 10.9 Å². The Kier molecular flexibility index (Phi) is 4.62. The molecule has 0 bridgehead atoms. The lowest BCUT2D eigenvalue weighted by Crippen LogP contribution is -2.17. The van der Waals surface area contributed by atoms with Crippen LogP contribution >= 0.6 is 11.6 Å². The first kappa shape index (κ1) is 16.2. The standard InChI is InChI=1S/C18H14ClFN2O2/c19-14-10-13(6-7-15(14)20)21-17(23)8-5-12-9-11-3-1-2-4-16(11)22-18(12)24/h1-4,6-7,9-10H,5,8H2,(H,21,23)(H,22,24). The quantitative estimate of drug-likeness (QED) is 0.754. The van der Waals surface area contributed by atoms with Gasteiger partial charge in [-0.1, -0.05) is 29.8 Å². The van der Waals surface area contributed by atoms with E-state index >= 15 is 0 Å². The van der Waals surface area contributed by atoms with Gasteiger partial charge in [-0.3, -0.25) is 9.59 Å². The molecule has 0 aliphatic carbocycles. The number of halogens is 2.